The van der Waals surface area contributed by atoms with Gasteiger partial charge in [-0.15, -0.1) is 0 Å². The Kier molecular flexibility index (Phi) is 4.56. The van der Waals surface area contributed by atoms with Crippen molar-refractivity contribution in [1.82, 2.24) is 9.97 Å². The number of aliphatic hydroxyl groups excluding tert-OH is 1. The zero-order chi connectivity index (χ0) is 13.8. The SMILES string of the molecule is CC[C@H](O)c1ccccc1Sc1nc(C)cc(C)n1. The third kappa shape index (κ3) is 3.55. The number of hydrogen-bond donors (Lipinski definition) is 1. The quantitative estimate of drug-likeness (QED) is 0.864. The predicted octanol–water partition coefficient (Wildman–Crippen LogP) is 3.69. The van der Waals surface area contributed by atoms with Gasteiger partial charge in [-0.1, -0.05) is 25.1 Å². The van der Waals surface area contributed by atoms with Crippen LogP contribution < -0.4 is 0 Å². The molecule has 0 bridgehead atoms. The zero-order valence-corrected chi connectivity index (χ0v) is 12.2. The Bertz CT molecular complexity index is 552. The van der Waals surface area contributed by atoms with Crippen LogP contribution in [0.4, 0.5) is 0 Å². The average molecular weight is 274 g/mol. The van der Waals surface area contributed by atoms with Gasteiger partial charge in [-0.2, -0.15) is 0 Å². The number of rotatable bonds is 4. The van der Waals surface area contributed by atoms with E-state index in [1.165, 1.54) is 11.8 Å². The highest BCUT2D eigenvalue weighted by molar-refractivity contribution is 7.99. The largest absolute Gasteiger partial charge is 0.388 e. The van der Waals surface area contributed by atoms with Gasteiger partial charge < -0.3 is 5.11 Å². The van der Waals surface area contributed by atoms with Gasteiger partial charge in [0.25, 0.3) is 0 Å². The molecule has 100 valence electrons. The second kappa shape index (κ2) is 6.17. The number of nitrogens with zero attached hydrogens (tertiary/aromatic N) is 2. The molecule has 1 aromatic heterocycles. The van der Waals surface area contributed by atoms with Crippen LogP contribution in [0.5, 0.6) is 0 Å². The van der Waals surface area contributed by atoms with E-state index in [2.05, 4.69) is 9.97 Å². The second-order valence-corrected chi connectivity index (χ2v) is 5.51. The maximum absolute atomic E-state index is 10.0. The zero-order valence-electron chi connectivity index (χ0n) is 11.4. The molecule has 0 aliphatic carbocycles. The van der Waals surface area contributed by atoms with Crippen LogP contribution in [0, 0.1) is 13.8 Å². The Balaban J connectivity index is 2.32. The first-order valence-corrected chi connectivity index (χ1v) is 7.19. The molecule has 0 fully saturated rings. The minimum atomic E-state index is -0.436. The molecule has 4 heteroatoms. The highest BCUT2D eigenvalue weighted by Gasteiger charge is 2.12. The Hall–Kier alpha value is -1.39. The Morgan fingerprint density at radius 1 is 1.16 bits per heavy atom. The van der Waals surface area contributed by atoms with Gasteiger partial charge in [0.15, 0.2) is 5.16 Å². The second-order valence-electron chi connectivity index (χ2n) is 4.50. The molecular formula is C15H18N2OS. The Labute approximate surface area is 118 Å². The van der Waals surface area contributed by atoms with Crippen LogP contribution in [0.25, 0.3) is 0 Å². The van der Waals surface area contributed by atoms with Crippen molar-refractivity contribution in [3.63, 3.8) is 0 Å². The Morgan fingerprint density at radius 2 is 1.79 bits per heavy atom. The smallest absolute Gasteiger partial charge is 0.192 e. The molecule has 0 amide bonds. The third-order valence-electron chi connectivity index (χ3n) is 2.83. The van der Waals surface area contributed by atoms with Crippen LogP contribution in [0.1, 0.15) is 36.4 Å². The first-order chi connectivity index (χ1) is 9.10. The molecule has 0 saturated carbocycles. The van der Waals surface area contributed by atoms with Crippen molar-refractivity contribution in [3.8, 4) is 0 Å². The summed E-state index contributed by atoms with van der Waals surface area (Å²) in [6, 6.07) is 9.83. The van der Waals surface area contributed by atoms with Gasteiger partial charge in [0.05, 0.1) is 6.10 Å². The molecule has 3 nitrogen and oxygen atoms in total. The van der Waals surface area contributed by atoms with Crippen molar-refractivity contribution in [1.29, 1.82) is 0 Å². The predicted molar refractivity (Wildman–Crippen MR) is 77.3 cm³/mol. The fraction of sp³-hybridized carbons (Fsp3) is 0.333. The van der Waals surface area contributed by atoms with Gasteiger partial charge in [-0.3, -0.25) is 0 Å². The van der Waals surface area contributed by atoms with Crippen LogP contribution in [-0.2, 0) is 0 Å². The summed E-state index contributed by atoms with van der Waals surface area (Å²) < 4.78 is 0. The first kappa shape index (κ1) is 14.0. The van der Waals surface area contributed by atoms with E-state index in [4.69, 9.17) is 0 Å². The third-order valence-corrected chi connectivity index (χ3v) is 3.78. The van der Waals surface area contributed by atoms with E-state index in [0.29, 0.717) is 6.42 Å². The van der Waals surface area contributed by atoms with Crippen LogP contribution in [-0.4, -0.2) is 15.1 Å². The average Bonchev–Trinajstić information content (AvgIpc) is 2.37. The molecule has 1 N–H and O–H groups in total. The highest BCUT2D eigenvalue weighted by Crippen LogP contribution is 2.32. The number of aliphatic hydroxyl groups is 1. The van der Waals surface area contributed by atoms with Crippen molar-refractivity contribution < 1.29 is 5.11 Å². The van der Waals surface area contributed by atoms with E-state index in [9.17, 15) is 5.11 Å². The summed E-state index contributed by atoms with van der Waals surface area (Å²) in [4.78, 5) is 9.87. The van der Waals surface area contributed by atoms with E-state index < -0.39 is 6.10 Å². The lowest BCUT2D eigenvalue weighted by molar-refractivity contribution is 0.171. The van der Waals surface area contributed by atoms with Gasteiger partial charge in [-0.25, -0.2) is 9.97 Å². The summed E-state index contributed by atoms with van der Waals surface area (Å²) in [6.07, 6.45) is 0.264. The maximum Gasteiger partial charge on any atom is 0.192 e. The summed E-state index contributed by atoms with van der Waals surface area (Å²) in [5, 5.41) is 10.8. The fourth-order valence-corrected chi connectivity index (χ4v) is 2.95. The molecule has 0 saturated heterocycles. The fourth-order valence-electron chi connectivity index (χ4n) is 1.91. The summed E-state index contributed by atoms with van der Waals surface area (Å²) in [6.45, 7) is 5.90. The lowest BCUT2D eigenvalue weighted by Crippen LogP contribution is -1.98. The monoisotopic (exact) mass is 274 g/mol. The van der Waals surface area contributed by atoms with Crippen LogP contribution >= 0.6 is 11.8 Å². The lowest BCUT2D eigenvalue weighted by atomic mass is 10.1. The molecule has 1 aromatic carbocycles. The van der Waals surface area contributed by atoms with Gasteiger partial charge in [-0.05, 0) is 49.7 Å². The standard InChI is InChI=1S/C15H18N2OS/c1-4-13(18)12-7-5-6-8-14(12)19-15-16-10(2)9-11(3)17-15/h5-9,13,18H,4H2,1-3H3/t13-/m0/s1. The van der Waals surface area contributed by atoms with Crippen LogP contribution in [0.15, 0.2) is 40.4 Å². The number of aryl methyl sites for hydroxylation is 2. The normalized spacial score (nSPS) is 12.4. The summed E-state index contributed by atoms with van der Waals surface area (Å²) >= 11 is 1.50. The molecule has 2 rings (SSSR count). The van der Waals surface area contributed by atoms with Crippen molar-refractivity contribution >= 4 is 11.8 Å². The van der Waals surface area contributed by atoms with E-state index >= 15 is 0 Å². The molecule has 1 heterocycles. The van der Waals surface area contributed by atoms with Gasteiger partial charge in [0, 0.05) is 16.3 Å². The van der Waals surface area contributed by atoms with Crippen molar-refractivity contribution in [2.45, 2.75) is 43.3 Å². The summed E-state index contributed by atoms with van der Waals surface area (Å²) in [5.74, 6) is 0. The first-order valence-electron chi connectivity index (χ1n) is 6.37. The van der Waals surface area contributed by atoms with Crippen molar-refractivity contribution in [2.75, 3.05) is 0 Å². The molecule has 0 radical (unpaired) electrons. The van der Waals surface area contributed by atoms with Crippen LogP contribution in [0.2, 0.25) is 0 Å². The van der Waals surface area contributed by atoms with Crippen molar-refractivity contribution in [2.24, 2.45) is 0 Å². The minimum absolute atomic E-state index is 0.436. The van der Waals surface area contributed by atoms with Gasteiger partial charge >= 0.3 is 0 Å². The number of aromatic nitrogens is 2. The minimum Gasteiger partial charge on any atom is -0.388 e. The number of hydrogen-bond acceptors (Lipinski definition) is 4. The van der Waals surface area contributed by atoms with Crippen molar-refractivity contribution in [3.05, 3.63) is 47.3 Å². The number of benzene rings is 1. The molecule has 0 aliphatic rings. The van der Waals surface area contributed by atoms with Crippen LogP contribution in [0.3, 0.4) is 0 Å². The van der Waals surface area contributed by atoms with E-state index in [1.54, 1.807) is 0 Å². The van der Waals surface area contributed by atoms with E-state index in [1.807, 2.05) is 51.1 Å². The van der Waals surface area contributed by atoms with Gasteiger partial charge in [0.2, 0.25) is 0 Å². The van der Waals surface area contributed by atoms with E-state index in [0.717, 1.165) is 27.0 Å². The summed E-state index contributed by atoms with van der Waals surface area (Å²) in [7, 11) is 0. The molecule has 2 aromatic rings. The molecular weight excluding hydrogens is 256 g/mol. The van der Waals surface area contributed by atoms with Gasteiger partial charge in [0.1, 0.15) is 0 Å². The Morgan fingerprint density at radius 3 is 2.42 bits per heavy atom. The lowest BCUT2D eigenvalue weighted by Gasteiger charge is -2.13. The van der Waals surface area contributed by atoms with E-state index in [-0.39, 0.29) is 0 Å². The topological polar surface area (TPSA) is 46.0 Å². The molecule has 0 aliphatic heterocycles. The summed E-state index contributed by atoms with van der Waals surface area (Å²) in [5.41, 5.74) is 2.87. The molecule has 0 unspecified atom stereocenters. The maximum atomic E-state index is 10.0. The molecule has 0 spiro atoms. The molecule has 19 heavy (non-hydrogen) atoms. The molecule has 1 atom stereocenters. The highest BCUT2D eigenvalue weighted by atomic mass is 32.2.